The first-order valence-electron chi connectivity index (χ1n) is 5.11. The molecule has 2 rings (SSSR count). The lowest BCUT2D eigenvalue weighted by atomic mass is 9.99. The molecule has 0 aromatic heterocycles. The predicted molar refractivity (Wildman–Crippen MR) is 66.9 cm³/mol. The van der Waals surface area contributed by atoms with Gasteiger partial charge in [0.05, 0.1) is 5.56 Å². The van der Waals surface area contributed by atoms with Gasteiger partial charge in [0.15, 0.2) is 0 Å². The van der Waals surface area contributed by atoms with Gasteiger partial charge in [-0.3, -0.25) is 0 Å². The van der Waals surface area contributed by atoms with Gasteiger partial charge in [-0.1, -0.05) is 35.3 Å². The summed E-state index contributed by atoms with van der Waals surface area (Å²) in [6.45, 7) is 0. The van der Waals surface area contributed by atoms with E-state index in [0.717, 1.165) is 6.07 Å². The van der Waals surface area contributed by atoms with E-state index in [9.17, 15) is 17.6 Å². The van der Waals surface area contributed by atoms with Gasteiger partial charge in [-0.15, -0.1) is 0 Å². The van der Waals surface area contributed by atoms with Gasteiger partial charge in [-0.2, -0.15) is 13.2 Å². The first-order valence-corrected chi connectivity index (χ1v) is 5.87. The van der Waals surface area contributed by atoms with Crippen LogP contribution in [-0.2, 0) is 6.18 Å². The van der Waals surface area contributed by atoms with Crippen LogP contribution in [0.25, 0.3) is 11.1 Å². The molecule has 0 unspecified atom stereocenters. The fourth-order valence-corrected chi connectivity index (χ4v) is 2.29. The van der Waals surface area contributed by atoms with Crippen LogP contribution in [0.2, 0.25) is 10.0 Å². The maximum absolute atomic E-state index is 13.4. The Kier molecular flexibility index (Phi) is 3.74. The average molecular weight is 309 g/mol. The van der Waals surface area contributed by atoms with Crippen molar-refractivity contribution in [3.63, 3.8) is 0 Å². The lowest BCUT2D eigenvalue weighted by molar-refractivity contribution is -0.139. The molecule has 0 saturated carbocycles. The van der Waals surface area contributed by atoms with E-state index in [2.05, 4.69) is 0 Å². The Hall–Kier alpha value is -1.26. The molecular formula is C13H6Cl2F4. The molecule has 2 aromatic carbocycles. The van der Waals surface area contributed by atoms with Crippen LogP contribution in [-0.4, -0.2) is 0 Å². The van der Waals surface area contributed by atoms with E-state index in [4.69, 9.17) is 23.2 Å². The highest BCUT2D eigenvalue weighted by Gasteiger charge is 2.37. The van der Waals surface area contributed by atoms with E-state index < -0.39 is 17.6 Å². The highest BCUT2D eigenvalue weighted by Crippen LogP contribution is 2.39. The molecule has 0 amide bonds. The molecule has 0 heterocycles. The molecule has 6 heteroatoms. The van der Waals surface area contributed by atoms with Crippen LogP contribution in [0.4, 0.5) is 17.6 Å². The minimum absolute atomic E-state index is 0.115. The minimum atomic E-state index is -4.80. The lowest BCUT2D eigenvalue weighted by Crippen LogP contribution is -2.10. The van der Waals surface area contributed by atoms with Crippen LogP contribution in [0.3, 0.4) is 0 Å². The maximum Gasteiger partial charge on any atom is 0.419 e. The molecule has 0 bridgehead atoms. The summed E-state index contributed by atoms with van der Waals surface area (Å²) in [5, 5.41) is 0.361. The largest absolute Gasteiger partial charge is 0.419 e. The highest BCUT2D eigenvalue weighted by molar-refractivity contribution is 6.35. The van der Waals surface area contributed by atoms with Crippen LogP contribution in [0.5, 0.6) is 0 Å². The average Bonchev–Trinajstić information content (AvgIpc) is 2.25. The third kappa shape index (κ3) is 3.01. The van der Waals surface area contributed by atoms with Crippen molar-refractivity contribution in [3.05, 3.63) is 57.8 Å². The first kappa shape index (κ1) is 14.2. The number of rotatable bonds is 1. The Morgan fingerprint density at radius 3 is 2.00 bits per heavy atom. The number of hydrogen-bond donors (Lipinski definition) is 0. The van der Waals surface area contributed by atoms with Crippen molar-refractivity contribution < 1.29 is 17.6 Å². The smallest absolute Gasteiger partial charge is 0.206 e. The number of benzene rings is 2. The Balaban J connectivity index is 2.72. The number of hydrogen-bond acceptors (Lipinski definition) is 0. The van der Waals surface area contributed by atoms with Crippen LogP contribution in [0, 0.1) is 5.82 Å². The maximum atomic E-state index is 13.4. The van der Waals surface area contributed by atoms with Gasteiger partial charge in [0.25, 0.3) is 0 Å². The van der Waals surface area contributed by atoms with Gasteiger partial charge in [-0.05, 0) is 35.4 Å². The summed E-state index contributed by atoms with van der Waals surface area (Å²) in [5.74, 6) is -1.33. The molecular weight excluding hydrogens is 303 g/mol. The summed E-state index contributed by atoms with van der Waals surface area (Å²) in [7, 11) is 0. The second kappa shape index (κ2) is 5.02. The topological polar surface area (TPSA) is 0 Å². The van der Waals surface area contributed by atoms with E-state index in [0.29, 0.717) is 0 Å². The molecule has 0 saturated heterocycles. The predicted octanol–water partition coefficient (Wildman–Crippen LogP) is 5.82. The van der Waals surface area contributed by atoms with Crippen LogP contribution in [0.1, 0.15) is 5.56 Å². The monoisotopic (exact) mass is 308 g/mol. The molecule has 19 heavy (non-hydrogen) atoms. The molecule has 0 spiro atoms. The van der Waals surface area contributed by atoms with E-state index in [-0.39, 0.29) is 21.2 Å². The minimum Gasteiger partial charge on any atom is -0.206 e. The zero-order chi connectivity index (χ0) is 14.2. The summed E-state index contributed by atoms with van der Waals surface area (Å²) in [4.78, 5) is 0. The van der Waals surface area contributed by atoms with Gasteiger partial charge in [0.1, 0.15) is 5.82 Å². The Labute approximate surface area is 116 Å². The van der Waals surface area contributed by atoms with Gasteiger partial charge in [0, 0.05) is 10.0 Å². The lowest BCUT2D eigenvalue weighted by Gasteiger charge is -2.14. The standard InChI is InChI=1S/C13H6Cl2F4/c14-8-4-7(5-9(15)6-8)10-2-1-3-11(16)12(10)13(17,18)19/h1-6H. The molecule has 0 nitrogen and oxygen atoms in total. The third-order valence-corrected chi connectivity index (χ3v) is 2.91. The summed E-state index contributed by atoms with van der Waals surface area (Å²) in [5.41, 5.74) is -1.51. The zero-order valence-corrected chi connectivity index (χ0v) is 10.7. The molecule has 0 aliphatic carbocycles. The normalized spacial score (nSPS) is 11.7. The molecule has 0 fully saturated rings. The van der Waals surface area contributed by atoms with Crippen molar-refractivity contribution in [2.24, 2.45) is 0 Å². The van der Waals surface area contributed by atoms with Gasteiger partial charge < -0.3 is 0 Å². The molecule has 0 aliphatic rings. The van der Waals surface area contributed by atoms with E-state index >= 15 is 0 Å². The van der Waals surface area contributed by atoms with Crippen molar-refractivity contribution in [2.75, 3.05) is 0 Å². The Morgan fingerprint density at radius 2 is 1.47 bits per heavy atom. The van der Waals surface area contributed by atoms with Gasteiger partial charge >= 0.3 is 6.18 Å². The fourth-order valence-electron chi connectivity index (χ4n) is 1.76. The highest BCUT2D eigenvalue weighted by atomic mass is 35.5. The third-order valence-electron chi connectivity index (χ3n) is 2.47. The molecule has 0 aliphatic heterocycles. The SMILES string of the molecule is Fc1cccc(-c2cc(Cl)cc(Cl)c2)c1C(F)(F)F. The summed E-state index contributed by atoms with van der Waals surface area (Å²) >= 11 is 11.5. The van der Waals surface area contributed by atoms with Crippen molar-refractivity contribution in [3.8, 4) is 11.1 Å². The number of alkyl halides is 3. The quantitative estimate of drug-likeness (QED) is 0.582. The van der Waals surface area contributed by atoms with E-state index in [1.165, 1.54) is 30.3 Å². The van der Waals surface area contributed by atoms with Crippen molar-refractivity contribution in [1.29, 1.82) is 0 Å². The van der Waals surface area contributed by atoms with Crippen LogP contribution in [0.15, 0.2) is 36.4 Å². The summed E-state index contributed by atoms with van der Waals surface area (Å²) < 4.78 is 52.1. The van der Waals surface area contributed by atoms with E-state index in [1.54, 1.807) is 0 Å². The van der Waals surface area contributed by atoms with Crippen molar-refractivity contribution >= 4 is 23.2 Å². The van der Waals surface area contributed by atoms with Crippen molar-refractivity contribution in [2.45, 2.75) is 6.18 Å². The number of halogens is 6. The van der Waals surface area contributed by atoms with Crippen LogP contribution < -0.4 is 0 Å². The van der Waals surface area contributed by atoms with Crippen molar-refractivity contribution in [1.82, 2.24) is 0 Å². The first-order chi connectivity index (χ1) is 8.79. The Bertz CT molecular complexity index is 600. The second-order valence-corrected chi connectivity index (χ2v) is 4.69. The summed E-state index contributed by atoms with van der Waals surface area (Å²) in [6.07, 6.45) is -4.80. The van der Waals surface area contributed by atoms with Gasteiger partial charge in [-0.25, -0.2) is 4.39 Å². The molecule has 0 atom stereocenters. The molecule has 0 N–H and O–H groups in total. The molecule has 100 valence electrons. The fraction of sp³-hybridized carbons (Fsp3) is 0.0769. The summed E-state index contributed by atoms with van der Waals surface area (Å²) in [6, 6.07) is 7.13. The van der Waals surface area contributed by atoms with E-state index in [1.807, 2.05) is 0 Å². The van der Waals surface area contributed by atoms with Gasteiger partial charge in [0.2, 0.25) is 0 Å². The second-order valence-electron chi connectivity index (χ2n) is 3.82. The van der Waals surface area contributed by atoms with Crippen LogP contribution >= 0.6 is 23.2 Å². The Morgan fingerprint density at radius 1 is 0.895 bits per heavy atom. The zero-order valence-electron chi connectivity index (χ0n) is 9.23. The molecule has 0 radical (unpaired) electrons. The molecule has 2 aromatic rings.